The van der Waals surface area contributed by atoms with Crippen molar-refractivity contribution in [1.29, 1.82) is 0 Å². The minimum absolute atomic E-state index is 0.206. The zero-order valence-electron chi connectivity index (χ0n) is 11.5. The summed E-state index contributed by atoms with van der Waals surface area (Å²) >= 11 is 0. The summed E-state index contributed by atoms with van der Waals surface area (Å²) in [6, 6.07) is 17.7. The number of hydrogen-bond donors (Lipinski definition) is 1. The van der Waals surface area contributed by atoms with Crippen LogP contribution in [0.15, 0.2) is 60.7 Å². The van der Waals surface area contributed by atoms with Crippen molar-refractivity contribution in [3.05, 3.63) is 71.8 Å². The van der Waals surface area contributed by atoms with Gasteiger partial charge in [-0.3, -0.25) is 0 Å². The molecule has 0 saturated carbocycles. The average Bonchev–Trinajstić information content (AvgIpc) is 2.49. The first-order chi connectivity index (χ1) is 10.1. The Labute approximate surface area is 122 Å². The number of ether oxygens (including phenoxy) is 1. The molecule has 0 fully saturated rings. The maximum atomic E-state index is 12.2. The van der Waals surface area contributed by atoms with E-state index in [0.717, 1.165) is 16.3 Å². The van der Waals surface area contributed by atoms with E-state index < -0.39 is 0 Å². The molecule has 1 N–H and O–H groups in total. The maximum Gasteiger partial charge on any atom is 0.343 e. The highest BCUT2D eigenvalue weighted by Crippen LogP contribution is 2.23. The molecule has 0 aliphatic heterocycles. The van der Waals surface area contributed by atoms with Crippen molar-refractivity contribution >= 4 is 16.7 Å². The summed E-state index contributed by atoms with van der Waals surface area (Å²) in [5, 5.41) is 11.2. The first-order valence-corrected chi connectivity index (χ1v) is 6.64. The SMILES string of the molecule is Cc1ccccc1OC(=O)c1ccc2cc(O)ccc2c1. The number of aromatic hydroxyl groups is 1. The smallest absolute Gasteiger partial charge is 0.343 e. The maximum absolute atomic E-state index is 12.2. The number of phenols is 1. The second-order valence-corrected chi connectivity index (χ2v) is 4.90. The molecule has 0 aliphatic rings. The molecule has 104 valence electrons. The lowest BCUT2D eigenvalue weighted by Crippen LogP contribution is -2.09. The van der Waals surface area contributed by atoms with Crippen LogP contribution in [-0.4, -0.2) is 11.1 Å². The second-order valence-electron chi connectivity index (χ2n) is 4.90. The minimum atomic E-state index is -0.390. The summed E-state index contributed by atoms with van der Waals surface area (Å²) in [5.74, 6) is 0.380. The molecule has 0 aliphatic carbocycles. The molecule has 0 atom stereocenters. The molecule has 3 heteroatoms. The molecular weight excluding hydrogens is 264 g/mol. The van der Waals surface area contributed by atoms with Gasteiger partial charge in [0.2, 0.25) is 0 Å². The van der Waals surface area contributed by atoms with Crippen molar-refractivity contribution in [3.63, 3.8) is 0 Å². The number of para-hydroxylation sites is 1. The molecule has 3 rings (SSSR count). The molecule has 0 unspecified atom stereocenters. The summed E-state index contributed by atoms with van der Waals surface area (Å²) < 4.78 is 5.42. The number of rotatable bonds is 2. The van der Waals surface area contributed by atoms with Gasteiger partial charge in [0.25, 0.3) is 0 Å². The molecule has 3 aromatic rings. The van der Waals surface area contributed by atoms with Crippen LogP contribution < -0.4 is 4.74 Å². The van der Waals surface area contributed by atoms with Gasteiger partial charge in [-0.25, -0.2) is 4.79 Å². The highest BCUT2D eigenvalue weighted by molar-refractivity contribution is 5.96. The zero-order valence-corrected chi connectivity index (χ0v) is 11.5. The average molecular weight is 278 g/mol. The largest absolute Gasteiger partial charge is 0.508 e. The third-order valence-electron chi connectivity index (χ3n) is 3.36. The van der Waals surface area contributed by atoms with Crippen LogP contribution in [0.5, 0.6) is 11.5 Å². The van der Waals surface area contributed by atoms with Crippen LogP contribution >= 0.6 is 0 Å². The number of aryl methyl sites for hydroxylation is 1. The van der Waals surface area contributed by atoms with Gasteiger partial charge in [-0.15, -0.1) is 0 Å². The van der Waals surface area contributed by atoms with E-state index in [0.29, 0.717) is 11.3 Å². The van der Waals surface area contributed by atoms with Gasteiger partial charge in [0.1, 0.15) is 11.5 Å². The van der Waals surface area contributed by atoms with Crippen LogP contribution in [0.2, 0.25) is 0 Å². The molecule has 3 nitrogen and oxygen atoms in total. The molecule has 0 heterocycles. The van der Waals surface area contributed by atoms with Crippen molar-refractivity contribution in [2.24, 2.45) is 0 Å². The van der Waals surface area contributed by atoms with Gasteiger partial charge in [-0.2, -0.15) is 0 Å². The molecule has 0 spiro atoms. The minimum Gasteiger partial charge on any atom is -0.508 e. The van der Waals surface area contributed by atoms with Crippen LogP contribution in [0.4, 0.5) is 0 Å². The van der Waals surface area contributed by atoms with E-state index in [1.807, 2.05) is 25.1 Å². The molecule has 0 radical (unpaired) electrons. The predicted octanol–water partition coefficient (Wildman–Crippen LogP) is 4.07. The van der Waals surface area contributed by atoms with E-state index in [1.165, 1.54) is 0 Å². The lowest BCUT2D eigenvalue weighted by Gasteiger charge is -2.07. The number of phenolic OH excluding ortho intramolecular Hbond substituents is 1. The van der Waals surface area contributed by atoms with E-state index in [4.69, 9.17) is 4.74 Å². The number of hydrogen-bond acceptors (Lipinski definition) is 3. The van der Waals surface area contributed by atoms with Crippen LogP contribution in [0.3, 0.4) is 0 Å². The summed E-state index contributed by atoms with van der Waals surface area (Å²) in [4.78, 5) is 12.2. The molecule has 0 saturated heterocycles. The zero-order chi connectivity index (χ0) is 14.8. The number of fused-ring (bicyclic) bond motifs is 1. The van der Waals surface area contributed by atoms with E-state index >= 15 is 0 Å². The van der Waals surface area contributed by atoms with Gasteiger partial charge in [0.05, 0.1) is 5.56 Å². The van der Waals surface area contributed by atoms with Gasteiger partial charge in [-0.05, 0) is 53.6 Å². The number of benzene rings is 3. The van der Waals surface area contributed by atoms with E-state index in [-0.39, 0.29) is 11.7 Å². The Bertz CT molecular complexity index is 822. The topological polar surface area (TPSA) is 46.5 Å². The first kappa shape index (κ1) is 13.2. The van der Waals surface area contributed by atoms with Crippen molar-refractivity contribution in [3.8, 4) is 11.5 Å². The molecule has 0 amide bonds. The molecular formula is C18H14O3. The summed E-state index contributed by atoms with van der Waals surface area (Å²) in [6.45, 7) is 1.89. The van der Waals surface area contributed by atoms with E-state index in [2.05, 4.69) is 0 Å². The van der Waals surface area contributed by atoms with Crippen molar-refractivity contribution in [2.45, 2.75) is 6.92 Å². The lowest BCUT2D eigenvalue weighted by molar-refractivity contribution is 0.0733. The first-order valence-electron chi connectivity index (χ1n) is 6.64. The van der Waals surface area contributed by atoms with Gasteiger partial charge in [-0.1, -0.05) is 30.3 Å². The van der Waals surface area contributed by atoms with Gasteiger partial charge in [0.15, 0.2) is 0 Å². The standard InChI is InChI=1S/C18H14O3/c1-12-4-2-3-5-17(12)21-18(20)15-7-6-14-11-16(19)9-8-13(14)10-15/h2-11,19H,1H3. The summed E-state index contributed by atoms with van der Waals surface area (Å²) in [5.41, 5.74) is 1.40. The van der Waals surface area contributed by atoms with Gasteiger partial charge < -0.3 is 9.84 Å². The Hall–Kier alpha value is -2.81. The van der Waals surface area contributed by atoms with Crippen molar-refractivity contribution < 1.29 is 14.6 Å². The van der Waals surface area contributed by atoms with Gasteiger partial charge in [0, 0.05) is 0 Å². The lowest BCUT2D eigenvalue weighted by atomic mass is 10.1. The highest BCUT2D eigenvalue weighted by atomic mass is 16.5. The van der Waals surface area contributed by atoms with E-state index in [9.17, 15) is 9.90 Å². The van der Waals surface area contributed by atoms with Crippen LogP contribution in [-0.2, 0) is 0 Å². The Morgan fingerprint density at radius 3 is 2.48 bits per heavy atom. The molecule has 3 aromatic carbocycles. The monoisotopic (exact) mass is 278 g/mol. The quantitative estimate of drug-likeness (QED) is 0.567. The fraction of sp³-hybridized carbons (Fsp3) is 0.0556. The highest BCUT2D eigenvalue weighted by Gasteiger charge is 2.10. The van der Waals surface area contributed by atoms with Gasteiger partial charge >= 0.3 is 5.97 Å². The molecule has 0 bridgehead atoms. The third kappa shape index (κ3) is 2.72. The fourth-order valence-corrected chi connectivity index (χ4v) is 2.19. The third-order valence-corrected chi connectivity index (χ3v) is 3.36. The fourth-order valence-electron chi connectivity index (χ4n) is 2.19. The molecule has 21 heavy (non-hydrogen) atoms. The summed E-state index contributed by atoms with van der Waals surface area (Å²) in [6.07, 6.45) is 0. The normalized spacial score (nSPS) is 10.5. The Morgan fingerprint density at radius 1 is 0.952 bits per heavy atom. The molecule has 0 aromatic heterocycles. The predicted molar refractivity (Wildman–Crippen MR) is 81.8 cm³/mol. The van der Waals surface area contributed by atoms with Crippen molar-refractivity contribution in [1.82, 2.24) is 0 Å². The Kier molecular flexibility index (Phi) is 3.32. The second kappa shape index (κ2) is 5.29. The Morgan fingerprint density at radius 2 is 1.67 bits per heavy atom. The summed E-state index contributed by atoms with van der Waals surface area (Å²) in [7, 11) is 0. The van der Waals surface area contributed by atoms with Crippen LogP contribution in [0.25, 0.3) is 10.8 Å². The number of carbonyl (C=O) groups excluding carboxylic acids is 1. The van der Waals surface area contributed by atoms with E-state index in [1.54, 1.807) is 42.5 Å². The number of esters is 1. The van der Waals surface area contributed by atoms with Crippen LogP contribution in [0.1, 0.15) is 15.9 Å². The van der Waals surface area contributed by atoms with Crippen LogP contribution in [0, 0.1) is 6.92 Å². The Balaban J connectivity index is 1.91. The number of carbonyl (C=O) groups is 1. The van der Waals surface area contributed by atoms with Crippen molar-refractivity contribution in [2.75, 3.05) is 0 Å².